The Labute approximate surface area is 151 Å². The van der Waals surface area contributed by atoms with E-state index < -0.39 is 0 Å². The minimum absolute atomic E-state index is 0.0654. The average Bonchev–Trinajstić information content (AvgIpc) is 3.30. The number of hydrogen-bond acceptors (Lipinski definition) is 4. The van der Waals surface area contributed by atoms with E-state index in [1.54, 1.807) is 0 Å². The van der Waals surface area contributed by atoms with E-state index >= 15 is 0 Å². The molecule has 0 unspecified atom stereocenters. The van der Waals surface area contributed by atoms with Crippen molar-refractivity contribution in [2.45, 2.75) is 25.7 Å². The summed E-state index contributed by atoms with van der Waals surface area (Å²) in [5, 5.41) is 2.98. The van der Waals surface area contributed by atoms with E-state index in [1.165, 1.54) is 0 Å². The molecule has 0 bridgehead atoms. The topological polar surface area (TPSA) is 64.9 Å². The van der Waals surface area contributed by atoms with Crippen LogP contribution in [0.4, 0.5) is 0 Å². The van der Waals surface area contributed by atoms with Gasteiger partial charge in [-0.3, -0.25) is 4.79 Å². The Morgan fingerprint density at radius 2 is 2.08 bits per heavy atom. The third-order valence-corrected chi connectivity index (χ3v) is 4.49. The van der Waals surface area contributed by atoms with Gasteiger partial charge in [0.25, 0.3) is 0 Å². The molecule has 0 aliphatic carbocycles. The molecular weight excluding hydrogens is 330 g/mol. The molecule has 0 spiro atoms. The number of carbonyl (C=O) groups is 1. The van der Waals surface area contributed by atoms with E-state index in [1.807, 2.05) is 48.8 Å². The van der Waals surface area contributed by atoms with Gasteiger partial charge in [-0.25, -0.2) is 4.98 Å². The maximum atomic E-state index is 12.0. The predicted molar refractivity (Wildman–Crippen MR) is 97.4 cm³/mol. The Morgan fingerprint density at radius 1 is 1.15 bits per heavy atom. The molecule has 0 radical (unpaired) electrons. The van der Waals surface area contributed by atoms with Crippen LogP contribution in [0.5, 0.6) is 11.5 Å². The van der Waals surface area contributed by atoms with Crippen molar-refractivity contribution in [2.24, 2.45) is 0 Å². The second-order valence-corrected chi connectivity index (χ2v) is 6.31. The Morgan fingerprint density at radius 3 is 3.04 bits per heavy atom. The number of pyridine rings is 1. The molecule has 1 aliphatic rings. The van der Waals surface area contributed by atoms with Crippen LogP contribution in [0.3, 0.4) is 0 Å². The Balaban J connectivity index is 1.20. The number of carbonyl (C=O) groups excluding carboxylic acids is 1. The highest BCUT2D eigenvalue weighted by molar-refractivity contribution is 5.76. The number of aromatic nitrogens is 2. The van der Waals surface area contributed by atoms with E-state index in [0.717, 1.165) is 41.2 Å². The van der Waals surface area contributed by atoms with Gasteiger partial charge in [0.05, 0.1) is 11.7 Å². The highest BCUT2D eigenvalue weighted by atomic mass is 16.7. The number of hydrogen-bond donors (Lipinski definition) is 1. The molecule has 0 fully saturated rings. The summed E-state index contributed by atoms with van der Waals surface area (Å²) in [6, 6.07) is 11.8. The van der Waals surface area contributed by atoms with Crippen molar-refractivity contribution in [2.75, 3.05) is 13.3 Å². The molecule has 0 saturated carbocycles. The SMILES string of the molecule is O=C(CCc1ccc2c(c1)OCO2)NCCCc1ncc2ccccn12. The lowest BCUT2D eigenvalue weighted by molar-refractivity contribution is -0.121. The number of ether oxygens (including phenoxy) is 2. The molecule has 1 N–H and O–H groups in total. The van der Waals surface area contributed by atoms with Crippen molar-refractivity contribution in [1.29, 1.82) is 0 Å². The van der Waals surface area contributed by atoms with Gasteiger partial charge in [-0.2, -0.15) is 0 Å². The molecule has 3 heterocycles. The fourth-order valence-corrected chi connectivity index (χ4v) is 3.10. The largest absolute Gasteiger partial charge is 0.454 e. The normalized spacial score (nSPS) is 12.5. The lowest BCUT2D eigenvalue weighted by atomic mass is 10.1. The second kappa shape index (κ2) is 7.47. The van der Waals surface area contributed by atoms with Crippen molar-refractivity contribution >= 4 is 11.4 Å². The van der Waals surface area contributed by atoms with Crippen molar-refractivity contribution in [3.8, 4) is 11.5 Å². The monoisotopic (exact) mass is 351 g/mol. The molecule has 6 heteroatoms. The number of imidazole rings is 1. The average molecular weight is 351 g/mol. The van der Waals surface area contributed by atoms with Crippen LogP contribution >= 0.6 is 0 Å². The van der Waals surface area contributed by atoms with Gasteiger partial charge in [0.2, 0.25) is 12.7 Å². The van der Waals surface area contributed by atoms with Gasteiger partial charge in [0.15, 0.2) is 11.5 Å². The highest BCUT2D eigenvalue weighted by Gasteiger charge is 2.13. The summed E-state index contributed by atoms with van der Waals surface area (Å²) in [5.74, 6) is 2.62. The number of aryl methyl sites for hydroxylation is 2. The number of rotatable bonds is 7. The van der Waals surface area contributed by atoms with E-state index in [4.69, 9.17) is 9.47 Å². The van der Waals surface area contributed by atoms with Gasteiger partial charge in [-0.1, -0.05) is 12.1 Å². The highest BCUT2D eigenvalue weighted by Crippen LogP contribution is 2.32. The van der Waals surface area contributed by atoms with Gasteiger partial charge in [0.1, 0.15) is 5.82 Å². The first-order chi connectivity index (χ1) is 12.8. The van der Waals surface area contributed by atoms with Gasteiger partial charge in [-0.05, 0) is 42.7 Å². The molecule has 0 saturated heterocycles. The van der Waals surface area contributed by atoms with Crippen LogP contribution in [-0.2, 0) is 17.6 Å². The molecule has 0 atom stereocenters. The van der Waals surface area contributed by atoms with Crippen LogP contribution < -0.4 is 14.8 Å². The Bertz CT molecular complexity index is 920. The molecule has 1 aromatic carbocycles. The number of amides is 1. The van der Waals surface area contributed by atoms with Crippen molar-refractivity contribution in [3.05, 3.63) is 60.2 Å². The van der Waals surface area contributed by atoms with Crippen LogP contribution in [0, 0.1) is 0 Å². The lowest BCUT2D eigenvalue weighted by Gasteiger charge is -2.06. The first-order valence-electron chi connectivity index (χ1n) is 8.86. The number of nitrogens with one attached hydrogen (secondary N) is 1. The lowest BCUT2D eigenvalue weighted by Crippen LogP contribution is -2.25. The molecule has 1 amide bonds. The van der Waals surface area contributed by atoms with Crippen LogP contribution in [0.1, 0.15) is 24.2 Å². The number of nitrogens with zero attached hydrogens (tertiary/aromatic N) is 2. The van der Waals surface area contributed by atoms with Crippen LogP contribution in [0.15, 0.2) is 48.8 Å². The molecule has 134 valence electrons. The molecule has 4 rings (SSSR count). The zero-order valence-corrected chi connectivity index (χ0v) is 14.5. The van der Waals surface area contributed by atoms with E-state index in [0.29, 0.717) is 19.4 Å². The quantitative estimate of drug-likeness (QED) is 0.665. The van der Waals surface area contributed by atoms with Crippen LogP contribution in [0.2, 0.25) is 0 Å². The zero-order chi connectivity index (χ0) is 17.8. The van der Waals surface area contributed by atoms with Gasteiger partial charge in [-0.15, -0.1) is 0 Å². The van der Waals surface area contributed by atoms with Crippen molar-refractivity contribution < 1.29 is 14.3 Å². The van der Waals surface area contributed by atoms with E-state index in [2.05, 4.69) is 14.7 Å². The minimum Gasteiger partial charge on any atom is -0.454 e. The van der Waals surface area contributed by atoms with Crippen LogP contribution in [-0.4, -0.2) is 28.6 Å². The number of benzene rings is 1. The maximum Gasteiger partial charge on any atom is 0.231 e. The Hall–Kier alpha value is -3.02. The molecule has 26 heavy (non-hydrogen) atoms. The summed E-state index contributed by atoms with van der Waals surface area (Å²) in [5.41, 5.74) is 2.17. The number of fused-ring (bicyclic) bond motifs is 2. The fraction of sp³-hybridized carbons (Fsp3) is 0.300. The van der Waals surface area contributed by atoms with Crippen molar-refractivity contribution in [1.82, 2.24) is 14.7 Å². The van der Waals surface area contributed by atoms with Crippen LogP contribution in [0.25, 0.3) is 5.52 Å². The molecule has 3 aromatic rings. The minimum atomic E-state index is 0.0654. The summed E-state index contributed by atoms with van der Waals surface area (Å²) in [6.07, 6.45) is 6.74. The van der Waals surface area contributed by atoms with E-state index in [9.17, 15) is 4.79 Å². The molecule has 1 aliphatic heterocycles. The summed E-state index contributed by atoms with van der Waals surface area (Å²) >= 11 is 0. The summed E-state index contributed by atoms with van der Waals surface area (Å²) < 4.78 is 12.7. The second-order valence-electron chi connectivity index (χ2n) is 6.31. The third kappa shape index (κ3) is 3.64. The summed E-state index contributed by atoms with van der Waals surface area (Å²) in [6.45, 7) is 0.923. The first kappa shape index (κ1) is 16.4. The zero-order valence-electron chi connectivity index (χ0n) is 14.5. The maximum absolute atomic E-state index is 12.0. The predicted octanol–water partition coefficient (Wildman–Crippen LogP) is 2.74. The first-order valence-corrected chi connectivity index (χ1v) is 8.86. The van der Waals surface area contributed by atoms with Crippen molar-refractivity contribution in [3.63, 3.8) is 0 Å². The molecule has 6 nitrogen and oxygen atoms in total. The third-order valence-electron chi connectivity index (χ3n) is 4.49. The molecule has 2 aromatic heterocycles. The summed E-state index contributed by atoms with van der Waals surface area (Å²) in [7, 11) is 0. The van der Waals surface area contributed by atoms with Gasteiger partial charge < -0.3 is 19.2 Å². The fourth-order valence-electron chi connectivity index (χ4n) is 3.10. The Kier molecular flexibility index (Phi) is 4.73. The smallest absolute Gasteiger partial charge is 0.231 e. The van der Waals surface area contributed by atoms with Gasteiger partial charge in [0, 0.05) is 25.6 Å². The van der Waals surface area contributed by atoms with E-state index in [-0.39, 0.29) is 12.7 Å². The molecular formula is C20H21N3O3. The van der Waals surface area contributed by atoms with Gasteiger partial charge >= 0.3 is 0 Å². The standard InChI is InChI=1S/C20H21N3O3/c24-20(9-7-15-6-8-17-18(12-15)26-14-25-17)21-10-3-5-19-22-13-16-4-1-2-11-23(16)19/h1-2,4,6,8,11-13H,3,5,7,9-10,14H2,(H,21,24). The summed E-state index contributed by atoms with van der Waals surface area (Å²) in [4.78, 5) is 16.5.